The van der Waals surface area contributed by atoms with Crippen molar-refractivity contribution in [1.82, 2.24) is 4.90 Å². The highest BCUT2D eigenvalue weighted by molar-refractivity contribution is 5.74. The molecule has 0 saturated heterocycles. The Bertz CT molecular complexity index is 660. The van der Waals surface area contributed by atoms with E-state index in [0.717, 1.165) is 11.1 Å². The number of hydrogen-bond donors (Lipinski definition) is 0. The smallest absolute Gasteiger partial charge is 0.411 e. The van der Waals surface area contributed by atoms with E-state index in [0.29, 0.717) is 0 Å². The molecular formula is C15H16N2O4. The molecule has 110 valence electrons. The molecule has 6 heteroatoms. The second kappa shape index (κ2) is 4.31. The lowest BCUT2D eigenvalue weighted by molar-refractivity contribution is -0.384. The Morgan fingerprint density at radius 3 is 2.43 bits per heavy atom. The highest BCUT2D eigenvalue weighted by Crippen LogP contribution is 2.49. The van der Waals surface area contributed by atoms with E-state index in [-0.39, 0.29) is 17.8 Å². The summed E-state index contributed by atoms with van der Waals surface area (Å²) in [5.74, 6) is 0. The zero-order chi connectivity index (χ0) is 15.4. The molecule has 1 aromatic carbocycles. The average molecular weight is 288 g/mol. The van der Waals surface area contributed by atoms with Crippen LogP contribution in [0.4, 0.5) is 10.5 Å². The van der Waals surface area contributed by atoms with Gasteiger partial charge in [-0.2, -0.15) is 0 Å². The number of rotatable bonds is 1. The van der Waals surface area contributed by atoms with E-state index in [9.17, 15) is 14.9 Å². The number of amides is 1. The molecule has 0 radical (unpaired) electrons. The predicted molar refractivity (Wildman–Crippen MR) is 75.8 cm³/mol. The first kappa shape index (κ1) is 13.6. The van der Waals surface area contributed by atoms with Gasteiger partial charge in [0.2, 0.25) is 0 Å². The minimum atomic E-state index is -0.572. The van der Waals surface area contributed by atoms with Crippen LogP contribution in [-0.2, 0) is 4.74 Å². The van der Waals surface area contributed by atoms with Gasteiger partial charge in [-0.1, -0.05) is 12.2 Å². The summed E-state index contributed by atoms with van der Waals surface area (Å²) in [6.07, 6.45) is 3.42. The van der Waals surface area contributed by atoms with Crippen LogP contribution in [0, 0.1) is 10.1 Å². The summed E-state index contributed by atoms with van der Waals surface area (Å²) >= 11 is 0. The van der Waals surface area contributed by atoms with E-state index < -0.39 is 16.6 Å². The lowest BCUT2D eigenvalue weighted by Crippen LogP contribution is -2.35. The van der Waals surface area contributed by atoms with Crippen LogP contribution in [0.1, 0.15) is 44.0 Å². The SMILES string of the molecule is CC(C)(C)OC(=O)N1[C@@H]2C=C[C@H]1c1cc([N+](=O)[O-])ccc12. The van der Waals surface area contributed by atoms with Gasteiger partial charge < -0.3 is 4.74 Å². The minimum absolute atomic E-state index is 0.0406. The molecule has 6 nitrogen and oxygen atoms in total. The fourth-order valence-electron chi connectivity index (χ4n) is 2.82. The normalized spacial score (nSPS) is 22.3. The first-order chi connectivity index (χ1) is 9.78. The van der Waals surface area contributed by atoms with Crippen LogP contribution < -0.4 is 0 Å². The van der Waals surface area contributed by atoms with Crippen molar-refractivity contribution in [2.45, 2.75) is 38.5 Å². The number of nitro groups is 1. The maximum absolute atomic E-state index is 12.3. The Hall–Kier alpha value is -2.37. The van der Waals surface area contributed by atoms with E-state index in [1.54, 1.807) is 17.0 Å². The second-order valence-corrected chi connectivity index (χ2v) is 6.23. The maximum Gasteiger partial charge on any atom is 0.411 e. The van der Waals surface area contributed by atoms with Crippen molar-refractivity contribution in [3.8, 4) is 0 Å². The van der Waals surface area contributed by atoms with Crippen molar-refractivity contribution in [2.75, 3.05) is 0 Å². The van der Waals surface area contributed by atoms with Crippen LogP contribution in [0.3, 0.4) is 0 Å². The van der Waals surface area contributed by atoms with Gasteiger partial charge in [0.15, 0.2) is 0 Å². The van der Waals surface area contributed by atoms with Gasteiger partial charge in [-0.15, -0.1) is 0 Å². The number of benzene rings is 1. The van der Waals surface area contributed by atoms with Gasteiger partial charge in [-0.3, -0.25) is 15.0 Å². The van der Waals surface area contributed by atoms with E-state index in [1.165, 1.54) is 6.07 Å². The first-order valence-corrected chi connectivity index (χ1v) is 6.76. The second-order valence-electron chi connectivity index (χ2n) is 6.23. The Morgan fingerprint density at radius 2 is 1.86 bits per heavy atom. The van der Waals surface area contributed by atoms with Crippen LogP contribution >= 0.6 is 0 Å². The van der Waals surface area contributed by atoms with Gasteiger partial charge in [0.1, 0.15) is 5.60 Å². The number of fused-ring (bicyclic) bond motifs is 5. The minimum Gasteiger partial charge on any atom is -0.444 e. The molecule has 1 amide bonds. The Labute approximate surface area is 122 Å². The topological polar surface area (TPSA) is 72.7 Å². The van der Waals surface area contributed by atoms with Crippen LogP contribution in [0.5, 0.6) is 0 Å². The van der Waals surface area contributed by atoms with Gasteiger partial charge in [0.25, 0.3) is 5.69 Å². The molecule has 0 N–H and O–H groups in total. The molecule has 3 rings (SSSR count). The summed E-state index contributed by atoms with van der Waals surface area (Å²) in [7, 11) is 0. The zero-order valence-corrected chi connectivity index (χ0v) is 12.1. The van der Waals surface area contributed by atoms with Gasteiger partial charge in [-0.05, 0) is 38.0 Å². The third-order valence-electron chi connectivity index (χ3n) is 3.60. The molecular weight excluding hydrogens is 272 g/mol. The third-order valence-corrected chi connectivity index (χ3v) is 3.60. The molecule has 2 heterocycles. The lowest BCUT2D eigenvalue weighted by Gasteiger charge is -2.27. The zero-order valence-electron chi connectivity index (χ0n) is 12.1. The van der Waals surface area contributed by atoms with Crippen LogP contribution in [0.2, 0.25) is 0 Å². The van der Waals surface area contributed by atoms with Crippen molar-refractivity contribution >= 4 is 11.8 Å². The van der Waals surface area contributed by atoms with E-state index in [2.05, 4.69) is 0 Å². The first-order valence-electron chi connectivity index (χ1n) is 6.76. The molecule has 0 aromatic heterocycles. The van der Waals surface area contributed by atoms with E-state index in [1.807, 2.05) is 32.9 Å². The highest BCUT2D eigenvalue weighted by atomic mass is 16.6. The third kappa shape index (κ3) is 2.16. The molecule has 2 bridgehead atoms. The van der Waals surface area contributed by atoms with Crippen LogP contribution in [0.25, 0.3) is 0 Å². The fourth-order valence-corrected chi connectivity index (χ4v) is 2.82. The van der Waals surface area contributed by atoms with Gasteiger partial charge in [-0.25, -0.2) is 4.79 Å². The Kier molecular flexibility index (Phi) is 2.79. The molecule has 0 spiro atoms. The molecule has 1 aromatic rings. The summed E-state index contributed by atoms with van der Waals surface area (Å²) in [5, 5.41) is 10.9. The largest absolute Gasteiger partial charge is 0.444 e. The van der Waals surface area contributed by atoms with Crippen molar-refractivity contribution in [1.29, 1.82) is 0 Å². The van der Waals surface area contributed by atoms with Crippen molar-refractivity contribution < 1.29 is 14.5 Å². The molecule has 21 heavy (non-hydrogen) atoms. The monoisotopic (exact) mass is 288 g/mol. The molecule has 2 atom stereocenters. The maximum atomic E-state index is 12.3. The van der Waals surface area contributed by atoms with E-state index >= 15 is 0 Å². The van der Waals surface area contributed by atoms with Crippen LogP contribution in [0.15, 0.2) is 30.4 Å². The summed E-state index contributed by atoms with van der Waals surface area (Å²) in [5.41, 5.74) is 1.21. The lowest BCUT2D eigenvalue weighted by atomic mass is 9.96. The van der Waals surface area contributed by atoms with Crippen molar-refractivity contribution in [3.05, 3.63) is 51.6 Å². The van der Waals surface area contributed by atoms with Gasteiger partial charge in [0.05, 0.1) is 17.0 Å². The standard InChI is InChI=1S/C15H16N2O4/c1-15(2,3)21-14(18)16-12-6-7-13(16)11-8-9(17(19)20)4-5-10(11)12/h4-8,12-13H,1-3H3/t12-,13+/m1/s1. The van der Waals surface area contributed by atoms with Gasteiger partial charge in [0, 0.05) is 12.1 Å². The number of ether oxygens (including phenoxy) is 1. The van der Waals surface area contributed by atoms with Crippen molar-refractivity contribution in [2.24, 2.45) is 0 Å². The summed E-state index contributed by atoms with van der Waals surface area (Å²) in [4.78, 5) is 24.4. The average Bonchev–Trinajstić information content (AvgIpc) is 2.92. The Balaban J connectivity index is 1.93. The van der Waals surface area contributed by atoms with Gasteiger partial charge >= 0.3 is 6.09 Å². The number of carbonyl (C=O) groups is 1. The highest BCUT2D eigenvalue weighted by Gasteiger charge is 2.45. The molecule has 2 aliphatic heterocycles. The van der Waals surface area contributed by atoms with Crippen LogP contribution in [-0.4, -0.2) is 21.5 Å². The molecule has 0 unspecified atom stereocenters. The number of hydrogen-bond acceptors (Lipinski definition) is 4. The molecule has 0 aliphatic carbocycles. The summed E-state index contributed by atoms with van der Waals surface area (Å²) in [6, 6.07) is 4.26. The fraction of sp³-hybridized carbons (Fsp3) is 0.400. The molecule has 2 aliphatic rings. The van der Waals surface area contributed by atoms with E-state index in [4.69, 9.17) is 4.74 Å². The number of carbonyl (C=O) groups excluding carboxylic acids is 1. The predicted octanol–water partition coefficient (Wildman–Crippen LogP) is 3.50. The summed E-state index contributed by atoms with van der Waals surface area (Å²) < 4.78 is 5.42. The number of non-ortho nitro benzene ring substituents is 1. The molecule has 0 saturated carbocycles. The Morgan fingerprint density at radius 1 is 1.24 bits per heavy atom. The molecule has 0 fully saturated rings. The quantitative estimate of drug-likeness (QED) is 0.450. The number of nitrogens with zero attached hydrogens (tertiary/aromatic N) is 2. The van der Waals surface area contributed by atoms with Crippen molar-refractivity contribution in [3.63, 3.8) is 0 Å². The number of nitro benzene ring substituents is 1. The summed E-state index contributed by atoms with van der Waals surface area (Å²) in [6.45, 7) is 5.44.